The summed E-state index contributed by atoms with van der Waals surface area (Å²) in [5.41, 5.74) is -0.0181. The van der Waals surface area contributed by atoms with Crippen molar-refractivity contribution in [1.82, 2.24) is 14.8 Å². The molecule has 1 fully saturated rings. The smallest absolute Gasteiger partial charge is 0.303 e. The normalized spacial score (nSPS) is 15.0. The molecule has 1 saturated carbocycles. The molecule has 1 aliphatic carbocycles. The lowest BCUT2D eigenvalue weighted by atomic mass is 10.2. The second-order valence-electron chi connectivity index (χ2n) is 3.78. The van der Waals surface area contributed by atoms with Crippen LogP contribution in [-0.2, 0) is 11.2 Å². The molecule has 2 rings (SSSR count). The third kappa shape index (κ3) is 2.19. The quantitative estimate of drug-likeness (QED) is 0.756. The SMILES string of the molecule is O=C(O)CCc1n[nH]c(=S)n(C2CC2)c1=O. The fraction of sp³-hybridized carbons (Fsp3) is 0.556. The van der Waals surface area contributed by atoms with E-state index in [9.17, 15) is 9.59 Å². The number of carbonyl (C=O) groups is 1. The first kappa shape index (κ1) is 11.0. The average Bonchev–Trinajstić information content (AvgIpc) is 3.00. The molecule has 6 nitrogen and oxygen atoms in total. The van der Waals surface area contributed by atoms with Crippen molar-refractivity contribution in [3.63, 3.8) is 0 Å². The minimum absolute atomic E-state index is 0.0997. The summed E-state index contributed by atoms with van der Waals surface area (Å²) in [6.07, 6.45) is 1.92. The maximum Gasteiger partial charge on any atom is 0.303 e. The van der Waals surface area contributed by atoms with Crippen LogP contribution in [0.3, 0.4) is 0 Å². The number of nitrogens with one attached hydrogen (secondary N) is 1. The zero-order valence-corrected chi connectivity index (χ0v) is 9.29. The molecule has 0 aliphatic heterocycles. The van der Waals surface area contributed by atoms with Gasteiger partial charge in [0.2, 0.25) is 0 Å². The van der Waals surface area contributed by atoms with Gasteiger partial charge in [0, 0.05) is 12.5 Å². The van der Waals surface area contributed by atoms with E-state index in [1.54, 1.807) is 0 Å². The van der Waals surface area contributed by atoms with Gasteiger partial charge in [0.15, 0.2) is 4.77 Å². The van der Waals surface area contributed by atoms with Gasteiger partial charge < -0.3 is 5.11 Å². The second kappa shape index (κ2) is 4.17. The Kier molecular flexibility index (Phi) is 2.86. The van der Waals surface area contributed by atoms with Gasteiger partial charge in [0.1, 0.15) is 5.69 Å². The number of hydrogen-bond acceptors (Lipinski definition) is 4. The van der Waals surface area contributed by atoms with Gasteiger partial charge in [-0.15, -0.1) is 0 Å². The summed E-state index contributed by atoms with van der Waals surface area (Å²) in [4.78, 5) is 22.3. The summed E-state index contributed by atoms with van der Waals surface area (Å²) in [5.74, 6) is -0.943. The first-order valence-electron chi connectivity index (χ1n) is 5.01. The molecule has 1 aliphatic rings. The predicted molar refractivity (Wildman–Crippen MR) is 57.9 cm³/mol. The largest absolute Gasteiger partial charge is 0.481 e. The molecule has 16 heavy (non-hydrogen) atoms. The summed E-state index contributed by atoms with van der Waals surface area (Å²) >= 11 is 4.98. The summed E-state index contributed by atoms with van der Waals surface area (Å²) in [6.45, 7) is 0. The van der Waals surface area contributed by atoms with Crippen LogP contribution in [-0.4, -0.2) is 25.8 Å². The molecule has 7 heteroatoms. The van der Waals surface area contributed by atoms with Crippen molar-refractivity contribution in [2.24, 2.45) is 0 Å². The summed E-state index contributed by atoms with van der Waals surface area (Å²) < 4.78 is 1.81. The molecule has 0 spiro atoms. The molecular weight excluding hydrogens is 230 g/mol. The Bertz CT molecular complexity index is 530. The molecule has 1 heterocycles. The molecule has 2 N–H and O–H groups in total. The Hall–Kier alpha value is -1.50. The zero-order valence-electron chi connectivity index (χ0n) is 8.47. The van der Waals surface area contributed by atoms with Crippen LogP contribution in [0.2, 0.25) is 0 Å². The monoisotopic (exact) mass is 241 g/mol. The highest BCUT2D eigenvalue weighted by molar-refractivity contribution is 7.71. The molecule has 0 unspecified atom stereocenters. The average molecular weight is 241 g/mol. The van der Waals surface area contributed by atoms with Crippen LogP contribution in [0.4, 0.5) is 0 Å². The molecule has 1 aromatic rings. The molecule has 0 amide bonds. The van der Waals surface area contributed by atoms with Gasteiger partial charge >= 0.3 is 5.97 Å². The van der Waals surface area contributed by atoms with E-state index in [2.05, 4.69) is 10.2 Å². The summed E-state index contributed by atoms with van der Waals surface area (Å²) in [6, 6.07) is 0.169. The Morgan fingerprint density at radius 1 is 1.62 bits per heavy atom. The third-order valence-electron chi connectivity index (χ3n) is 2.46. The van der Waals surface area contributed by atoms with Gasteiger partial charge in [-0.25, -0.2) is 0 Å². The van der Waals surface area contributed by atoms with E-state index in [1.807, 2.05) is 0 Å². The lowest BCUT2D eigenvalue weighted by Crippen LogP contribution is -2.27. The van der Waals surface area contributed by atoms with Crippen LogP contribution in [0, 0.1) is 4.77 Å². The minimum Gasteiger partial charge on any atom is -0.481 e. The maximum atomic E-state index is 11.9. The van der Waals surface area contributed by atoms with E-state index < -0.39 is 5.97 Å². The molecule has 0 saturated heterocycles. The highest BCUT2D eigenvalue weighted by Gasteiger charge is 2.26. The van der Waals surface area contributed by atoms with Crippen LogP contribution in [0.5, 0.6) is 0 Å². The summed E-state index contributed by atoms with van der Waals surface area (Å²) in [7, 11) is 0. The molecule has 0 atom stereocenters. The van der Waals surface area contributed by atoms with Gasteiger partial charge in [-0.3, -0.25) is 19.3 Å². The molecule has 86 valence electrons. The van der Waals surface area contributed by atoms with Crippen molar-refractivity contribution in [3.8, 4) is 0 Å². The fourth-order valence-corrected chi connectivity index (χ4v) is 1.78. The van der Waals surface area contributed by atoms with Crippen molar-refractivity contribution < 1.29 is 9.90 Å². The number of aliphatic carboxylic acids is 1. The van der Waals surface area contributed by atoms with Gasteiger partial charge in [-0.2, -0.15) is 5.10 Å². The van der Waals surface area contributed by atoms with Gasteiger partial charge in [0.05, 0.1) is 6.42 Å². The highest BCUT2D eigenvalue weighted by Crippen LogP contribution is 2.33. The fourth-order valence-electron chi connectivity index (χ4n) is 1.50. The van der Waals surface area contributed by atoms with Crippen LogP contribution < -0.4 is 5.56 Å². The zero-order chi connectivity index (χ0) is 11.7. The van der Waals surface area contributed by atoms with E-state index in [4.69, 9.17) is 17.3 Å². The van der Waals surface area contributed by atoms with E-state index in [1.165, 1.54) is 4.57 Å². The van der Waals surface area contributed by atoms with Crippen LogP contribution in [0.25, 0.3) is 0 Å². The van der Waals surface area contributed by atoms with Crippen molar-refractivity contribution in [2.75, 3.05) is 0 Å². The number of aromatic amines is 1. The van der Waals surface area contributed by atoms with Crippen LogP contribution >= 0.6 is 12.2 Å². The lowest BCUT2D eigenvalue weighted by molar-refractivity contribution is -0.136. The molecule has 1 aromatic heterocycles. The number of hydrogen-bond donors (Lipinski definition) is 2. The van der Waals surface area contributed by atoms with E-state index in [0.29, 0.717) is 4.77 Å². The summed E-state index contributed by atoms with van der Waals surface area (Å²) in [5, 5.41) is 14.9. The van der Waals surface area contributed by atoms with Gasteiger partial charge in [-0.1, -0.05) is 0 Å². The van der Waals surface area contributed by atoms with Crippen LogP contribution in [0.15, 0.2) is 4.79 Å². The number of rotatable bonds is 4. The lowest BCUT2D eigenvalue weighted by Gasteiger charge is -2.04. The van der Waals surface area contributed by atoms with Gasteiger partial charge in [-0.05, 0) is 25.1 Å². The number of H-pyrrole nitrogens is 1. The first-order chi connectivity index (χ1) is 7.59. The Balaban J connectivity index is 2.33. The minimum atomic E-state index is -0.943. The predicted octanol–water partition coefficient (Wildman–Crippen LogP) is 0.653. The first-order valence-corrected chi connectivity index (χ1v) is 5.42. The number of carboxylic acid groups (broad SMARTS) is 1. The second-order valence-corrected chi connectivity index (χ2v) is 4.16. The van der Waals surface area contributed by atoms with E-state index >= 15 is 0 Å². The Morgan fingerprint density at radius 3 is 2.88 bits per heavy atom. The Morgan fingerprint density at radius 2 is 2.31 bits per heavy atom. The molecule has 0 bridgehead atoms. The van der Waals surface area contributed by atoms with Crippen molar-refractivity contribution in [1.29, 1.82) is 0 Å². The van der Waals surface area contributed by atoms with Crippen molar-refractivity contribution in [3.05, 3.63) is 20.8 Å². The number of carboxylic acids is 1. The molecule has 0 radical (unpaired) electrons. The molecule has 0 aromatic carbocycles. The number of aryl methyl sites for hydroxylation is 1. The number of aromatic nitrogens is 3. The Labute approximate surface area is 95.9 Å². The van der Waals surface area contributed by atoms with Crippen molar-refractivity contribution in [2.45, 2.75) is 31.7 Å². The maximum absolute atomic E-state index is 11.9. The molecular formula is C9H11N3O3S. The topological polar surface area (TPSA) is 88.0 Å². The third-order valence-corrected chi connectivity index (χ3v) is 2.75. The van der Waals surface area contributed by atoms with E-state index in [0.717, 1.165) is 12.8 Å². The van der Waals surface area contributed by atoms with Crippen molar-refractivity contribution >= 4 is 18.2 Å². The van der Waals surface area contributed by atoms with Gasteiger partial charge in [0.25, 0.3) is 5.56 Å². The standard InChI is InChI=1S/C9H11N3O3S/c13-7(14)4-3-6-8(15)12(5-1-2-5)9(16)11-10-6/h5H,1-4H2,(H,11,16)(H,13,14). The highest BCUT2D eigenvalue weighted by atomic mass is 32.1. The van der Waals surface area contributed by atoms with E-state index in [-0.39, 0.29) is 30.1 Å². The number of nitrogens with zero attached hydrogens (tertiary/aromatic N) is 2. The van der Waals surface area contributed by atoms with Crippen LogP contribution in [0.1, 0.15) is 31.0 Å².